The zero-order valence-corrected chi connectivity index (χ0v) is 11.0. The van der Waals surface area contributed by atoms with E-state index in [9.17, 15) is 10.1 Å². The van der Waals surface area contributed by atoms with E-state index in [0.717, 1.165) is 15.6 Å². The van der Waals surface area contributed by atoms with Crippen LogP contribution in [0, 0.1) is 10.1 Å². The monoisotopic (exact) mass is 303 g/mol. The SMILES string of the molecule is O=[N+]([O-])c1ccc(C=Cc2ccccc2Br)cc1. The predicted octanol–water partition coefficient (Wildman–Crippen LogP) is 4.53. The maximum absolute atomic E-state index is 10.5. The van der Waals surface area contributed by atoms with Gasteiger partial charge in [0, 0.05) is 16.6 Å². The van der Waals surface area contributed by atoms with E-state index in [0.29, 0.717) is 0 Å². The maximum Gasteiger partial charge on any atom is 0.269 e. The normalized spacial score (nSPS) is 10.7. The summed E-state index contributed by atoms with van der Waals surface area (Å²) >= 11 is 3.46. The average Bonchev–Trinajstić information content (AvgIpc) is 2.38. The van der Waals surface area contributed by atoms with Crippen LogP contribution in [0.2, 0.25) is 0 Å². The number of halogens is 1. The summed E-state index contributed by atoms with van der Waals surface area (Å²) in [6, 6.07) is 14.3. The fraction of sp³-hybridized carbons (Fsp3) is 0. The number of benzene rings is 2. The van der Waals surface area contributed by atoms with Crippen LogP contribution in [0.25, 0.3) is 12.2 Å². The summed E-state index contributed by atoms with van der Waals surface area (Å²) < 4.78 is 1.02. The zero-order valence-electron chi connectivity index (χ0n) is 9.42. The minimum atomic E-state index is -0.402. The number of hydrogen-bond acceptors (Lipinski definition) is 2. The van der Waals surface area contributed by atoms with E-state index in [4.69, 9.17) is 0 Å². The van der Waals surface area contributed by atoms with Gasteiger partial charge in [0.1, 0.15) is 0 Å². The molecule has 18 heavy (non-hydrogen) atoms. The highest BCUT2D eigenvalue weighted by atomic mass is 79.9. The third kappa shape index (κ3) is 3.05. The third-order valence-corrected chi connectivity index (χ3v) is 3.19. The quantitative estimate of drug-likeness (QED) is 0.475. The summed E-state index contributed by atoms with van der Waals surface area (Å²) in [7, 11) is 0. The van der Waals surface area contributed by atoms with Gasteiger partial charge in [0.15, 0.2) is 0 Å². The van der Waals surface area contributed by atoms with Crippen molar-refractivity contribution in [2.45, 2.75) is 0 Å². The molecule has 0 saturated carbocycles. The van der Waals surface area contributed by atoms with Gasteiger partial charge in [0.2, 0.25) is 0 Å². The minimum absolute atomic E-state index is 0.105. The van der Waals surface area contributed by atoms with E-state index in [1.54, 1.807) is 12.1 Å². The summed E-state index contributed by atoms with van der Waals surface area (Å²) in [6.07, 6.45) is 3.88. The Bertz CT molecular complexity index is 591. The Morgan fingerprint density at radius 2 is 1.67 bits per heavy atom. The van der Waals surface area contributed by atoms with Crippen LogP contribution < -0.4 is 0 Å². The van der Waals surface area contributed by atoms with Crippen LogP contribution >= 0.6 is 15.9 Å². The molecule has 0 amide bonds. The summed E-state index contributed by atoms with van der Waals surface area (Å²) in [4.78, 5) is 10.1. The number of nitro groups is 1. The molecule has 2 aromatic rings. The van der Waals surface area contributed by atoms with Crippen LogP contribution in [0.1, 0.15) is 11.1 Å². The van der Waals surface area contributed by atoms with E-state index in [1.165, 1.54) is 12.1 Å². The Labute approximate surface area is 113 Å². The fourth-order valence-corrected chi connectivity index (χ4v) is 1.92. The summed E-state index contributed by atoms with van der Waals surface area (Å²) in [6.45, 7) is 0. The molecule has 0 aromatic heterocycles. The molecule has 2 aromatic carbocycles. The molecule has 0 bridgehead atoms. The predicted molar refractivity (Wildman–Crippen MR) is 76.2 cm³/mol. The largest absolute Gasteiger partial charge is 0.269 e. The minimum Gasteiger partial charge on any atom is -0.258 e. The fourth-order valence-electron chi connectivity index (χ4n) is 1.50. The van der Waals surface area contributed by atoms with E-state index >= 15 is 0 Å². The van der Waals surface area contributed by atoms with Crippen LogP contribution in [0.4, 0.5) is 5.69 Å². The topological polar surface area (TPSA) is 43.1 Å². The van der Waals surface area contributed by atoms with Crippen molar-refractivity contribution in [3.05, 3.63) is 74.2 Å². The van der Waals surface area contributed by atoms with Crippen molar-refractivity contribution >= 4 is 33.8 Å². The molecule has 3 nitrogen and oxygen atoms in total. The first-order valence-electron chi connectivity index (χ1n) is 5.34. The van der Waals surface area contributed by atoms with Crippen LogP contribution in [0.5, 0.6) is 0 Å². The van der Waals surface area contributed by atoms with Crippen molar-refractivity contribution in [3.63, 3.8) is 0 Å². The lowest BCUT2D eigenvalue weighted by molar-refractivity contribution is -0.384. The van der Waals surface area contributed by atoms with Crippen molar-refractivity contribution in [1.82, 2.24) is 0 Å². The van der Waals surface area contributed by atoms with Crippen LogP contribution in [0.3, 0.4) is 0 Å². The van der Waals surface area contributed by atoms with Crippen molar-refractivity contribution in [1.29, 1.82) is 0 Å². The van der Waals surface area contributed by atoms with E-state index in [1.807, 2.05) is 36.4 Å². The van der Waals surface area contributed by atoms with Gasteiger partial charge < -0.3 is 0 Å². The molecular weight excluding hydrogens is 294 g/mol. The van der Waals surface area contributed by atoms with Gasteiger partial charge in [-0.05, 0) is 29.3 Å². The van der Waals surface area contributed by atoms with Gasteiger partial charge >= 0.3 is 0 Å². The molecule has 0 saturated heterocycles. The molecule has 0 aliphatic heterocycles. The van der Waals surface area contributed by atoms with Crippen molar-refractivity contribution < 1.29 is 4.92 Å². The Hall–Kier alpha value is -1.94. The Morgan fingerprint density at radius 3 is 2.28 bits per heavy atom. The molecule has 0 aliphatic carbocycles. The second-order valence-corrected chi connectivity index (χ2v) is 4.56. The van der Waals surface area contributed by atoms with Gasteiger partial charge in [-0.15, -0.1) is 0 Å². The van der Waals surface area contributed by atoms with Crippen LogP contribution in [-0.4, -0.2) is 4.92 Å². The maximum atomic E-state index is 10.5. The van der Waals surface area contributed by atoms with Crippen molar-refractivity contribution in [3.8, 4) is 0 Å². The molecule has 0 heterocycles. The molecule has 4 heteroatoms. The third-order valence-electron chi connectivity index (χ3n) is 2.46. The second-order valence-electron chi connectivity index (χ2n) is 3.70. The average molecular weight is 304 g/mol. The molecule has 0 atom stereocenters. The molecule has 0 aliphatic rings. The number of rotatable bonds is 3. The first kappa shape index (κ1) is 12.5. The van der Waals surface area contributed by atoms with Gasteiger partial charge in [-0.3, -0.25) is 10.1 Å². The second kappa shape index (κ2) is 5.60. The first-order valence-corrected chi connectivity index (χ1v) is 6.13. The highest BCUT2D eigenvalue weighted by Gasteiger charge is 2.02. The van der Waals surface area contributed by atoms with Crippen molar-refractivity contribution in [2.75, 3.05) is 0 Å². The van der Waals surface area contributed by atoms with Crippen LogP contribution in [0.15, 0.2) is 53.0 Å². The van der Waals surface area contributed by atoms with E-state index in [2.05, 4.69) is 15.9 Å². The molecule has 2 rings (SSSR count). The van der Waals surface area contributed by atoms with E-state index < -0.39 is 4.92 Å². The molecule has 0 unspecified atom stereocenters. The van der Waals surface area contributed by atoms with Crippen molar-refractivity contribution in [2.24, 2.45) is 0 Å². The Morgan fingerprint density at radius 1 is 1.00 bits per heavy atom. The Kier molecular flexibility index (Phi) is 3.89. The lowest BCUT2D eigenvalue weighted by Crippen LogP contribution is -1.86. The standard InChI is InChI=1S/C14H10BrNO2/c15-14-4-2-1-3-12(14)8-5-11-6-9-13(10-7-11)16(17)18/h1-10H. The number of non-ortho nitro benzene ring substituents is 1. The number of hydrogen-bond donors (Lipinski definition) is 0. The molecule has 0 N–H and O–H groups in total. The first-order chi connectivity index (χ1) is 8.66. The van der Waals surface area contributed by atoms with Gasteiger partial charge in [0.25, 0.3) is 5.69 Å². The molecule has 0 radical (unpaired) electrons. The molecule has 0 spiro atoms. The number of nitrogens with zero attached hydrogens (tertiary/aromatic N) is 1. The smallest absolute Gasteiger partial charge is 0.258 e. The summed E-state index contributed by atoms with van der Waals surface area (Å²) in [5.41, 5.74) is 2.10. The zero-order chi connectivity index (χ0) is 13.0. The van der Waals surface area contributed by atoms with Crippen LogP contribution in [-0.2, 0) is 0 Å². The van der Waals surface area contributed by atoms with Gasteiger partial charge in [-0.1, -0.05) is 46.3 Å². The Balaban J connectivity index is 2.19. The highest BCUT2D eigenvalue weighted by molar-refractivity contribution is 9.10. The molecular formula is C14H10BrNO2. The lowest BCUT2D eigenvalue weighted by atomic mass is 10.1. The molecule has 90 valence electrons. The van der Waals surface area contributed by atoms with E-state index in [-0.39, 0.29) is 5.69 Å². The van der Waals surface area contributed by atoms with Gasteiger partial charge in [-0.2, -0.15) is 0 Å². The summed E-state index contributed by atoms with van der Waals surface area (Å²) in [5.74, 6) is 0. The molecule has 0 fully saturated rings. The highest BCUT2D eigenvalue weighted by Crippen LogP contribution is 2.19. The number of nitro benzene ring substituents is 1. The van der Waals surface area contributed by atoms with Gasteiger partial charge in [0.05, 0.1) is 4.92 Å². The summed E-state index contributed by atoms with van der Waals surface area (Å²) in [5, 5.41) is 10.5. The van der Waals surface area contributed by atoms with Gasteiger partial charge in [-0.25, -0.2) is 0 Å². The lowest BCUT2D eigenvalue weighted by Gasteiger charge is -1.97.